The fourth-order valence-corrected chi connectivity index (χ4v) is 4.12. The molecule has 0 aliphatic carbocycles. The van der Waals surface area contributed by atoms with E-state index in [1.54, 1.807) is 60.5 Å². The van der Waals surface area contributed by atoms with Gasteiger partial charge in [0, 0.05) is 12.6 Å². The number of benzene rings is 3. The second-order valence-corrected chi connectivity index (χ2v) is 9.26. The Morgan fingerprint density at radius 3 is 2.09 bits per heavy atom. The number of amides is 2. The molecule has 180 valence electrons. The zero-order valence-electron chi connectivity index (χ0n) is 19.5. The monoisotopic (exact) mass is 484 g/mol. The van der Waals surface area contributed by atoms with Gasteiger partial charge < -0.3 is 23.9 Å². The Bertz CT molecular complexity index is 1210. The van der Waals surface area contributed by atoms with E-state index in [0.29, 0.717) is 23.7 Å². The molecule has 0 radical (unpaired) electrons. The van der Waals surface area contributed by atoms with Gasteiger partial charge in [-0.15, -0.1) is 0 Å². The smallest absolute Gasteiger partial charge is 0.339 e. The van der Waals surface area contributed by atoms with Crippen molar-refractivity contribution < 1.29 is 26.9 Å². The van der Waals surface area contributed by atoms with Gasteiger partial charge in [0.15, 0.2) is 0 Å². The number of rotatable bonds is 9. The fourth-order valence-electron chi connectivity index (χ4n) is 3.19. The molecule has 3 aromatic rings. The fraction of sp³-hybridized carbons (Fsp3) is 0.240. The quantitative estimate of drug-likeness (QED) is 0.434. The van der Waals surface area contributed by atoms with Crippen LogP contribution in [-0.4, -0.2) is 39.6 Å². The lowest BCUT2D eigenvalue weighted by Gasteiger charge is -2.27. The summed E-state index contributed by atoms with van der Waals surface area (Å²) in [6, 6.07) is 19.3. The number of hydrogen-bond donors (Lipinski definition) is 1. The first-order valence-electron chi connectivity index (χ1n) is 10.6. The van der Waals surface area contributed by atoms with E-state index in [0.717, 1.165) is 5.56 Å². The van der Waals surface area contributed by atoms with Crippen molar-refractivity contribution in [1.29, 1.82) is 0 Å². The number of carbonyl (C=O) groups excluding carboxylic acids is 1. The van der Waals surface area contributed by atoms with Crippen molar-refractivity contribution in [2.75, 3.05) is 19.5 Å². The Labute approximate surface area is 200 Å². The topological polar surface area (TPSA) is 94.2 Å². The lowest BCUT2D eigenvalue weighted by molar-refractivity contribution is 0.193. The predicted molar refractivity (Wildman–Crippen MR) is 130 cm³/mol. The third-order valence-corrected chi connectivity index (χ3v) is 6.32. The highest BCUT2D eigenvalue weighted by atomic mass is 32.2. The van der Waals surface area contributed by atoms with Crippen LogP contribution >= 0.6 is 0 Å². The second kappa shape index (κ2) is 10.9. The van der Waals surface area contributed by atoms with Gasteiger partial charge in [-0.1, -0.05) is 24.3 Å². The number of ether oxygens (including phenoxy) is 2. The SMILES string of the molecule is COc1ccc(S(=O)(=O)Oc2ccc(CN(C(=O)Nc3ccccc3OC)C(C)C)cc2)cc1. The lowest BCUT2D eigenvalue weighted by Crippen LogP contribution is -2.39. The van der Waals surface area contributed by atoms with Crippen LogP contribution in [0.3, 0.4) is 0 Å². The highest BCUT2D eigenvalue weighted by Crippen LogP contribution is 2.25. The Hall–Kier alpha value is -3.72. The minimum atomic E-state index is -3.98. The molecule has 0 unspecified atom stereocenters. The molecule has 0 aromatic heterocycles. The number of para-hydroxylation sites is 2. The van der Waals surface area contributed by atoms with Gasteiger partial charge in [-0.25, -0.2) is 4.79 Å². The number of anilines is 1. The second-order valence-electron chi connectivity index (χ2n) is 7.71. The summed E-state index contributed by atoms with van der Waals surface area (Å²) in [5, 5.41) is 2.88. The number of carbonyl (C=O) groups is 1. The standard InChI is InChI=1S/C25H28N2O6S/c1-18(2)27(25(28)26-23-7-5-6-8-24(23)32-4)17-19-9-11-21(12-10-19)33-34(29,30)22-15-13-20(31-3)14-16-22/h5-16,18H,17H2,1-4H3,(H,26,28). The molecule has 1 N–H and O–H groups in total. The Balaban J connectivity index is 1.69. The average Bonchev–Trinajstić information content (AvgIpc) is 2.83. The molecule has 3 rings (SSSR count). The molecule has 3 aromatic carbocycles. The summed E-state index contributed by atoms with van der Waals surface area (Å²) >= 11 is 0. The molecule has 0 fully saturated rings. The van der Waals surface area contributed by atoms with Crippen LogP contribution in [0.25, 0.3) is 0 Å². The van der Waals surface area contributed by atoms with Gasteiger partial charge in [0.25, 0.3) is 0 Å². The molecule has 9 heteroatoms. The minimum absolute atomic E-state index is 0.0244. The molecule has 0 aliphatic rings. The molecular weight excluding hydrogens is 456 g/mol. The molecule has 2 amide bonds. The van der Waals surface area contributed by atoms with Crippen LogP contribution in [0, 0.1) is 0 Å². The zero-order valence-corrected chi connectivity index (χ0v) is 20.3. The highest BCUT2D eigenvalue weighted by Gasteiger charge is 2.20. The number of nitrogens with one attached hydrogen (secondary N) is 1. The third-order valence-electron chi connectivity index (χ3n) is 5.06. The summed E-state index contributed by atoms with van der Waals surface area (Å²) in [4.78, 5) is 14.6. The first-order chi connectivity index (χ1) is 16.2. The maximum atomic E-state index is 12.9. The summed E-state index contributed by atoms with van der Waals surface area (Å²) in [5.74, 6) is 1.29. The molecule has 0 saturated heterocycles. The normalized spacial score (nSPS) is 11.1. The molecule has 0 atom stereocenters. The van der Waals surface area contributed by atoms with Crippen molar-refractivity contribution in [1.82, 2.24) is 4.90 Å². The Morgan fingerprint density at radius 1 is 0.882 bits per heavy atom. The van der Waals surface area contributed by atoms with Gasteiger partial charge in [-0.3, -0.25) is 0 Å². The van der Waals surface area contributed by atoms with E-state index in [1.165, 1.54) is 19.2 Å². The van der Waals surface area contributed by atoms with E-state index in [2.05, 4.69) is 5.32 Å². The van der Waals surface area contributed by atoms with Crippen LogP contribution in [-0.2, 0) is 16.7 Å². The molecule has 0 spiro atoms. The number of nitrogens with zero attached hydrogens (tertiary/aromatic N) is 1. The maximum absolute atomic E-state index is 12.9. The number of methoxy groups -OCH3 is 2. The molecule has 34 heavy (non-hydrogen) atoms. The van der Waals surface area contributed by atoms with Gasteiger partial charge in [0.05, 0.1) is 19.9 Å². The largest absolute Gasteiger partial charge is 0.497 e. The molecule has 0 heterocycles. The van der Waals surface area contributed by atoms with Crippen LogP contribution in [0.1, 0.15) is 19.4 Å². The number of hydrogen-bond acceptors (Lipinski definition) is 6. The molecule has 0 saturated carbocycles. The van der Waals surface area contributed by atoms with Crippen LogP contribution in [0.4, 0.5) is 10.5 Å². The van der Waals surface area contributed by atoms with Gasteiger partial charge in [0.2, 0.25) is 0 Å². The molecule has 0 bridgehead atoms. The lowest BCUT2D eigenvalue weighted by atomic mass is 10.2. The first-order valence-corrected chi connectivity index (χ1v) is 12.0. The van der Waals surface area contributed by atoms with Gasteiger partial charge in [-0.05, 0) is 67.9 Å². The van der Waals surface area contributed by atoms with Crippen LogP contribution in [0.2, 0.25) is 0 Å². The van der Waals surface area contributed by atoms with Crippen LogP contribution < -0.4 is 19.0 Å². The predicted octanol–water partition coefficient (Wildman–Crippen LogP) is 4.91. The van der Waals surface area contributed by atoms with Crippen LogP contribution in [0.15, 0.2) is 77.7 Å². The molecule has 0 aliphatic heterocycles. The number of urea groups is 1. The van der Waals surface area contributed by atoms with E-state index in [-0.39, 0.29) is 22.7 Å². The Kier molecular flexibility index (Phi) is 8.01. The van der Waals surface area contributed by atoms with Crippen molar-refractivity contribution in [3.63, 3.8) is 0 Å². The van der Waals surface area contributed by atoms with Crippen LogP contribution in [0.5, 0.6) is 17.2 Å². The third kappa shape index (κ3) is 6.20. The van der Waals surface area contributed by atoms with Crippen molar-refractivity contribution >= 4 is 21.8 Å². The van der Waals surface area contributed by atoms with E-state index in [9.17, 15) is 13.2 Å². The van der Waals surface area contributed by atoms with Gasteiger partial charge in [0.1, 0.15) is 22.1 Å². The summed E-state index contributed by atoms with van der Waals surface area (Å²) in [7, 11) is -0.935. The Morgan fingerprint density at radius 2 is 1.50 bits per heavy atom. The molecule has 8 nitrogen and oxygen atoms in total. The minimum Gasteiger partial charge on any atom is -0.497 e. The summed E-state index contributed by atoms with van der Waals surface area (Å²) < 4.78 is 40.7. The van der Waals surface area contributed by atoms with Crippen molar-refractivity contribution in [2.24, 2.45) is 0 Å². The summed E-state index contributed by atoms with van der Waals surface area (Å²) in [5.41, 5.74) is 1.39. The van der Waals surface area contributed by atoms with Crippen molar-refractivity contribution in [2.45, 2.75) is 31.3 Å². The molecular formula is C25H28N2O6S. The average molecular weight is 485 g/mol. The van der Waals surface area contributed by atoms with E-state index in [1.807, 2.05) is 26.0 Å². The van der Waals surface area contributed by atoms with E-state index in [4.69, 9.17) is 13.7 Å². The van der Waals surface area contributed by atoms with Gasteiger partial charge >= 0.3 is 16.1 Å². The highest BCUT2D eigenvalue weighted by molar-refractivity contribution is 7.87. The summed E-state index contributed by atoms with van der Waals surface area (Å²) in [6.45, 7) is 4.16. The maximum Gasteiger partial charge on any atom is 0.339 e. The van der Waals surface area contributed by atoms with E-state index >= 15 is 0 Å². The summed E-state index contributed by atoms with van der Waals surface area (Å²) in [6.07, 6.45) is 0. The zero-order chi connectivity index (χ0) is 24.7. The van der Waals surface area contributed by atoms with Gasteiger partial charge in [-0.2, -0.15) is 8.42 Å². The van der Waals surface area contributed by atoms with Crippen molar-refractivity contribution in [3.8, 4) is 17.2 Å². The van der Waals surface area contributed by atoms with Crippen molar-refractivity contribution in [3.05, 3.63) is 78.4 Å². The first kappa shape index (κ1) is 24.9. The van der Waals surface area contributed by atoms with E-state index < -0.39 is 10.1 Å².